The SMILES string of the molecule is O=C1CN(c2c(O)ccc(CC3CNC3)c2F)S(=O)(=O)N1. The van der Waals surface area contributed by atoms with E-state index in [1.165, 1.54) is 12.1 Å². The van der Waals surface area contributed by atoms with Crippen molar-refractivity contribution in [1.82, 2.24) is 10.0 Å². The zero-order chi connectivity index (χ0) is 15.2. The molecule has 2 heterocycles. The lowest BCUT2D eigenvalue weighted by atomic mass is 9.93. The van der Waals surface area contributed by atoms with Crippen LogP contribution in [0.2, 0.25) is 0 Å². The van der Waals surface area contributed by atoms with Gasteiger partial charge in [0.15, 0.2) is 5.82 Å². The zero-order valence-electron chi connectivity index (χ0n) is 11.0. The van der Waals surface area contributed by atoms with Gasteiger partial charge in [-0.1, -0.05) is 6.07 Å². The van der Waals surface area contributed by atoms with Crippen molar-refractivity contribution in [3.63, 3.8) is 0 Å². The van der Waals surface area contributed by atoms with Gasteiger partial charge in [0.2, 0.25) is 0 Å². The van der Waals surface area contributed by atoms with Gasteiger partial charge in [-0.05, 0) is 37.1 Å². The maximum atomic E-state index is 14.6. The fourth-order valence-corrected chi connectivity index (χ4v) is 3.60. The van der Waals surface area contributed by atoms with E-state index in [-0.39, 0.29) is 5.92 Å². The van der Waals surface area contributed by atoms with Crippen LogP contribution in [0.25, 0.3) is 0 Å². The van der Waals surface area contributed by atoms with Crippen LogP contribution in [0.3, 0.4) is 0 Å². The molecule has 2 aliphatic heterocycles. The lowest BCUT2D eigenvalue weighted by Crippen LogP contribution is -2.43. The third kappa shape index (κ3) is 2.42. The van der Waals surface area contributed by atoms with Gasteiger partial charge in [-0.15, -0.1) is 0 Å². The molecule has 0 aliphatic carbocycles. The minimum absolute atomic E-state index is 0.284. The summed E-state index contributed by atoms with van der Waals surface area (Å²) in [6, 6.07) is 2.68. The molecule has 1 aromatic carbocycles. The number of nitrogens with one attached hydrogen (secondary N) is 2. The molecule has 0 radical (unpaired) electrons. The first-order valence-electron chi connectivity index (χ1n) is 6.43. The van der Waals surface area contributed by atoms with E-state index in [2.05, 4.69) is 5.32 Å². The van der Waals surface area contributed by atoms with Crippen LogP contribution in [0, 0.1) is 11.7 Å². The number of phenols is 1. The molecule has 9 heteroatoms. The van der Waals surface area contributed by atoms with Crippen molar-refractivity contribution >= 4 is 21.8 Å². The smallest absolute Gasteiger partial charge is 0.326 e. The topological polar surface area (TPSA) is 98.7 Å². The number of hydrogen-bond acceptors (Lipinski definition) is 5. The first-order chi connectivity index (χ1) is 9.88. The predicted octanol–water partition coefficient (Wildman–Crippen LogP) is -0.526. The van der Waals surface area contributed by atoms with Gasteiger partial charge < -0.3 is 10.4 Å². The summed E-state index contributed by atoms with van der Waals surface area (Å²) in [5.41, 5.74) is -0.151. The zero-order valence-corrected chi connectivity index (χ0v) is 11.8. The molecule has 0 atom stereocenters. The Balaban J connectivity index is 2.01. The van der Waals surface area contributed by atoms with Crippen LogP contribution in [-0.4, -0.2) is 39.1 Å². The first-order valence-corrected chi connectivity index (χ1v) is 7.87. The fraction of sp³-hybridized carbons (Fsp3) is 0.417. The van der Waals surface area contributed by atoms with Crippen molar-refractivity contribution in [1.29, 1.82) is 0 Å². The van der Waals surface area contributed by atoms with Crippen molar-refractivity contribution in [3.8, 4) is 5.75 Å². The second kappa shape index (κ2) is 4.85. The minimum atomic E-state index is -4.15. The highest BCUT2D eigenvalue weighted by molar-refractivity contribution is 7.92. The number of benzene rings is 1. The van der Waals surface area contributed by atoms with E-state index >= 15 is 0 Å². The van der Waals surface area contributed by atoms with Gasteiger partial charge in [0, 0.05) is 0 Å². The number of anilines is 1. The van der Waals surface area contributed by atoms with Crippen molar-refractivity contribution in [3.05, 3.63) is 23.5 Å². The number of aromatic hydroxyl groups is 1. The van der Waals surface area contributed by atoms with Gasteiger partial charge in [-0.25, -0.2) is 13.4 Å². The normalized spacial score (nSPS) is 21.2. The van der Waals surface area contributed by atoms with Crippen LogP contribution < -0.4 is 14.3 Å². The average molecular weight is 315 g/mol. The molecule has 7 nitrogen and oxygen atoms in total. The third-order valence-corrected chi connectivity index (χ3v) is 5.00. The van der Waals surface area contributed by atoms with Gasteiger partial charge in [-0.3, -0.25) is 4.79 Å². The Morgan fingerprint density at radius 1 is 1.38 bits per heavy atom. The number of hydrogen-bond donors (Lipinski definition) is 3. The molecule has 21 heavy (non-hydrogen) atoms. The highest BCUT2D eigenvalue weighted by atomic mass is 32.2. The van der Waals surface area contributed by atoms with Crippen LogP contribution in [0.1, 0.15) is 5.56 Å². The van der Waals surface area contributed by atoms with Crippen molar-refractivity contribution in [2.45, 2.75) is 6.42 Å². The summed E-state index contributed by atoms with van der Waals surface area (Å²) in [7, 11) is -4.15. The van der Waals surface area contributed by atoms with Crippen LogP contribution >= 0.6 is 0 Å². The lowest BCUT2D eigenvalue weighted by Gasteiger charge is -2.28. The Labute approximate surface area is 120 Å². The summed E-state index contributed by atoms with van der Waals surface area (Å²) >= 11 is 0. The van der Waals surface area contributed by atoms with Crippen LogP contribution in [-0.2, 0) is 21.4 Å². The molecule has 3 rings (SSSR count). The lowest BCUT2D eigenvalue weighted by molar-refractivity contribution is -0.117. The van der Waals surface area contributed by atoms with Crippen LogP contribution in [0.4, 0.5) is 10.1 Å². The van der Waals surface area contributed by atoms with Gasteiger partial charge >= 0.3 is 10.2 Å². The molecular formula is C12H14FN3O4S. The highest BCUT2D eigenvalue weighted by Gasteiger charge is 2.38. The van der Waals surface area contributed by atoms with E-state index in [9.17, 15) is 22.7 Å². The maximum Gasteiger partial charge on any atom is 0.326 e. The van der Waals surface area contributed by atoms with Crippen LogP contribution in [0.5, 0.6) is 5.75 Å². The monoisotopic (exact) mass is 315 g/mol. The maximum absolute atomic E-state index is 14.6. The molecule has 0 bridgehead atoms. The van der Waals surface area contributed by atoms with E-state index in [0.717, 1.165) is 13.1 Å². The predicted molar refractivity (Wildman–Crippen MR) is 72.5 cm³/mol. The molecule has 1 amide bonds. The Bertz CT molecular complexity index is 703. The summed E-state index contributed by atoms with van der Waals surface area (Å²) in [6.45, 7) is 1.01. The largest absolute Gasteiger partial charge is 0.506 e. The minimum Gasteiger partial charge on any atom is -0.506 e. The van der Waals surface area contributed by atoms with E-state index in [1.807, 2.05) is 0 Å². The third-order valence-electron chi connectivity index (χ3n) is 3.62. The molecule has 0 unspecified atom stereocenters. The van der Waals surface area contributed by atoms with E-state index in [4.69, 9.17) is 0 Å². The summed E-state index contributed by atoms with van der Waals surface area (Å²) in [4.78, 5) is 11.2. The number of carbonyl (C=O) groups is 1. The quantitative estimate of drug-likeness (QED) is 0.697. The summed E-state index contributed by atoms with van der Waals surface area (Å²) in [5, 5.41) is 12.9. The van der Waals surface area contributed by atoms with Gasteiger partial charge in [-0.2, -0.15) is 8.42 Å². The highest BCUT2D eigenvalue weighted by Crippen LogP contribution is 2.35. The summed E-state index contributed by atoms with van der Waals surface area (Å²) in [6.07, 6.45) is 0.446. The second-order valence-electron chi connectivity index (χ2n) is 5.17. The molecule has 114 valence electrons. The van der Waals surface area contributed by atoms with Crippen molar-refractivity contribution in [2.75, 3.05) is 23.9 Å². The molecule has 1 aromatic rings. The number of rotatable bonds is 3. The average Bonchev–Trinajstić information content (AvgIpc) is 2.60. The Morgan fingerprint density at radius 3 is 2.62 bits per heavy atom. The van der Waals surface area contributed by atoms with Gasteiger partial charge in [0.1, 0.15) is 18.0 Å². The van der Waals surface area contributed by atoms with E-state index in [1.54, 1.807) is 4.72 Å². The molecule has 2 fully saturated rings. The van der Waals surface area contributed by atoms with Gasteiger partial charge in [0.05, 0.1) is 0 Å². The molecule has 0 aromatic heterocycles. The number of amides is 1. The van der Waals surface area contributed by atoms with E-state index < -0.39 is 39.9 Å². The first kappa shape index (κ1) is 14.1. The molecule has 3 N–H and O–H groups in total. The molecule has 2 aliphatic rings. The number of phenolic OH excluding ortho intramolecular Hbond substituents is 1. The number of carbonyl (C=O) groups excluding carboxylic acids is 1. The molecule has 0 spiro atoms. The summed E-state index contributed by atoms with van der Waals surface area (Å²) < 4.78 is 40.4. The van der Waals surface area contributed by atoms with Crippen LogP contribution in [0.15, 0.2) is 12.1 Å². The Hall–Kier alpha value is -1.87. The molecule has 2 saturated heterocycles. The van der Waals surface area contributed by atoms with Crippen molar-refractivity contribution in [2.24, 2.45) is 5.92 Å². The molecule has 0 saturated carbocycles. The number of halogens is 1. The van der Waals surface area contributed by atoms with Crippen molar-refractivity contribution < 1.29 is 22.7 Å². The van der Waals surface area contributed by atoms with E-state index in [0.29, 0.717) is 16.3 Å². The fourth-order valence-electron chi connectivity index (χ4n) is 2.44. The van der Waals surface area contributed by atoms with Gasteiger partial charge in [0.25, 0.3) is 5.91 Å². The summed E-state index contributed by atoms with van der Waals surface area (Å²) in [5.74, 6) is -1.79. The Morgan fingerprint density at radius 2 is 2.10 bits per heavy atom. The number of nitrogens with zero attached hydrogens (tertiary/aromatic N) is 1. The molecular weight excluding hydrogens is 301 g/mol. The Kier molecular flexibility index (Phi) is 3.25. The second-order valence-corrected chi connectivity index (χ2v) is 6.77. The standard InChI is InChI=1S/C12H14FN3O4S/c13-11-8(3-7-4-14-5-7)1-2-9(17)12(11)16-6-10(18)15-21(16,19)20/h1-2,7,14,17H,3-6H2,(H,15,18).